The van der Waals surface area contributed by atoms with Gasteiger partial charge in [-0.15, -0.1) is 0 Å². The fourth-order valence-electron chi connectivity index (χ4n) is 1.79. The summed E-state index contributed by atoms with van der Waals surface area (Å²) in [7, 11) is 1.31. The Bertz CT molecular complexity index is 656. The van der Waals surface area contributed by atoms with Crippen LogP contribution in [0.2, 0.25) is 5.02 Å². The van der Waals surface area contributed by atoms with Crippen LogP contribution in [0, 0.1) is 11.6 Å². The molecule has 0 saturated carbocycles. The Morgan fingerprint density at radius 3 is 2.55 bits per heavy atom. The molecule has 5 heteroatoms. The number of Topliss-reactive ketones (excluding diaryl/α,β-unsaturated/α-hetero) is 1. The molecule has 2 rings (SSSR count). The van der Waals surface area contributed by atoms with E-state index in [-0.39, 0.29) is 29.1 Å². The third kappa shape index (κ3) is 3.14. The molecule has 0 aliphatic carbocycles. The van der Waals surface area contributed by atoms with Crippen LogP contribution >= 0.6 is 11.6 Å². The summed E-state index contributed by atoms with van der Waals surface area (Å²) in [5.41, 5.74) is 0.452. The molecule has 104 valence electrons. The van der Waals surface area contributed by atoms with Crippen molar-refractivity contribution in [2.75, 3.05) is 7.11 Å². The van der Waals surface area contributed by atoms with Gasteiger partial charge in [-0.1, -0.05) is 11.6 Å². The SMILES string of the molecule is COc1cc(C(=O)Cc2cc(Cl)ccc2F)ccc1F. The minimum atomic E-state index is -0.557. The van der Waals surface area contributed by atoms with Gasteiger partial charge in [0.1, 0.15) is 5.82 Å². The number of ether oxygens (including phenoxy) is 1. The van der Waals surface area contributed by atoms with Gasteiger partial charge in [0.05, 0.1) is 7.11 Å². The highest BCUT2D eigenvalue weighted by molar-refractivity contribution is 6.30. The minimum Gasteiger partial charge on any atom is -0.494 e. The lowest BCUT2D eigenvalue weighted by atomic mass is 10.0. The molecule has 2 aromatic rings. The van der Waals surface area contributed by atoms with Crippen LogP contribution in [0.5, 0.6) is 5.75 Å². The second kappa shape index (κ2) is 6.01. The summed E-state index contributed by atoms with van der Waals surface area (Å²) in [6.07, 6.45) is -0.152. The van der Waals surface area contributed by atoms with Crippen molar-refractivity contribution in [3.8, 4) is 5.75 Å². The van der Waals surface area contributed by atoms with E-state index in [4.69, 9.17) is 16.3 Å². The van der Waals surface area contributed by atoms with E-state index in [0.29, 0.717) is 5.02 Å². The van der Waals surface area contributed by atoms with E-state index in [1.807, 2.05) is 0 Å². The van der Waals surface area contributed by atoms with Crippen LogP contribution in [0.15, 0.2) is 36.4 Å². The fraction of sp³-hybridized carbons (Fsp3) is 0.133. The fourth-order valence-corrected chi connectivity index (χ4v) is 1.98. The van der Waals surface area contributed by atoms with Crippen LogP contribution in [0.25, 0.3) is 0 Å². The highest BCUT2D eigenvalue weighted by atomic mass is 35.5. The first-order chi connectivity index (χ1) is 9.51. The van der Waals surface area contributed by atoms with E-state index >= 15 is 0 Å². The molecule has 0 aliphatic heterocycles. The Balaban J connectivity index is 2.26. The van der Waals surface area contributed by atoms with E-state index < -0.39 is 11.6 Å². The molecule has 20 heavy (non-hydrogen) atoms. The molecular formula is C15H11ClF2O2. The van der Waals surface area contributed by atoms with Crippen LogP contribution in [0.4, 0.5) is 8.78 Å². The Hall–Kier alpha value is -1.94. The molecule has 0 radical (unpaired) electrons. The molecule has 0 amide bonds. The summed E-state index contributed by atoms with van der Waals surface area (Å²) in [4.78, 5) is 12.1. The molecule has 0 fully saturated rings. The molecule has 0 unspecified atom stereocenters. The van der Waals surface area contributed by atoms with Crippen LogP contribution in [0.1, 0.15) is 15.9 Å². The van der Waals surface area contributed by atoms with Crippen molar-refractivity contribution in [1.82, 2.24) is 0 Å². The number of benzene rings is 2. The lowest BCUT2D eigenvalue weighted by Gasteiger charge is -2.06. The van der Waals surface area contributed by atoms with Gasteiger partial charge in [0, 0.05) is 17.0 Å². The topological polar surface area (TPSA) is 26.3 Å². The first kappa shape index (κ1) is 14.5. The molecule has 2 aromatic carbocycles. The second-order valence-corrected chi connectivity index (χ2v) is 4.62. The van der Waals surface area contributed by atoms with Crippen LogP contribution in [-0.4, -0.2) is 12.9 Å². The van der Waals surface area contributed by atoms with Gasteiger partial charge in [0.15, 0.2) is 17.3 Å². The molecule has 0 bridgehead atoms. The van der Waals surface area contributed by atoms with Crippen molar-refractivity contribution < 1.29 is 18.3 Å². The molecule has 0 saturated heterocycles. The maximum absolute atomic E-state index is 13.6. The average molecular weight is 297 g/mol. The number of halogens is 3. The molecular weight excluding hydrogens is 286 g/mol. The number of carbonyl (C=O) groups excluding carboxylic acids is 1. The predicted octanol–water partition coefficient (Wildman–Crippen LogP) is 4.05. The monoisotopic (exact) mass is 296 g/mol. The van der Waals surface area contributed by atoms with Gasteiger partial charge < -0.3 is 4.74 Å². The van der Waals surface area contributed by atoms with Crippen molar-refractivity contribution in [2.24, 2.45) is 0 Å². The van der Waals surface area contributed by atoms with Gasteiger partial charge in [-0.25, -0.2) is 8.78 Å². The van der Waals surface area contributed by atoms with Crippen molar-refractivity contribution in [2.45, 2.75) is 6.42 Å². The summed E-state index contributed by atoms with van der Waals surface area (Å²) in [5.74, 6) is -1.43. The van der Waals surface area contributed by atoms with Gasteiger partial charge in [0.2, 0.25) is 0 Å². The lowest BCUT2D eigenvalue weighted by Crippen LogP contribution is -2.06. The van der Waals surface area contributed by atoms with Crippen LogP contribution in [-0.2, 0) is 6.42 Å². The highest BCUT2D eigenvalue weighted by Crippen LogP contribution is 2.21. The molecule has 0 aliphatic rings. The largest absolute Gasteiger partial charge is 0.494 e. The molecule has 0 spiro atoms. The number of hydrogen-bond donors (Lipinski definition) is 0. The Labute approximate surface area is 119 Å². The molecule has 0 heterocycles. The van der Waals surface area contributed by atoms with Crippen LogP contribution < -0.4 is 4.74 Å². The van der Waals surface area contributed by atoms with Gasteiger partial charge in [-0.05, 0) is 42.0 Å². The average Bonchev–Trinajstić information content (AvgIpc) is 2.43. The third-order valence-corrected chi connectivity index (χ3v) is 3.07. The summed E-state index contributed by atoms with van der Waals surface area (Å²) >= 11 is 5.77. The second-order valence-electron chi connectivity index (χ2n) is 4.19. The third-order valence-electron chi connectivity index (χ3n) is 2.83. The number of rotatable bonds is 4. The van der Waals surface area contributed by atoms with Crippen molar-refractivity contribution in [1.29, 1.82) is 0 Å². The number of ketones is 1. The maximum atomic E-state index is 13.6. The zero-order valence-corrected chi connectivity index (χ0v) is 11.4. The molecule has 0 N–H and O–H groups in total. The summed E-state index contributed by atoms with van der Waals surface area (Å²) in [5, 5.41) is 0.353. The summed E-state index contributed by atoms with van der Waals surface area (Å²) < 4.78 is 31.6. The summed E-state index contributed by atoms with van der Waals surface area (Å²) in [6.45, 7) is 0. The maximum Gasteiger partial charge on any atom is 0.167 e. The predicted molar refractivity (Wildman–Crippen MR) is 72.4 cm³/mol. The Morgan fingerprint density at radius 2 is 1.85 bits per heavy atom. The van der Waals surface area contributed by atoms with Crippen molar-refractivity contribution >= 4 is 17.4 Å². The highest BCUT2D eigenvalue weighted by Gasteiger charge is 2.13. The molecule has 0 aromatic heterocycles. The van der Waals surface area contributed by atoms with Gasteiger partial charge in [-0.2, -0.15) is 0 Å². The van der Waals surface area contributed by atoms with E-state index in [0.717, 1.165) is 6.07 Å². The first-order valence-corrected chi connectivity index (χ1v) is 6.19. The molecule has 0 atom stereocenters. The van der Waals surface area contributed by atoms with Crippen LogP contribution in [0.3, 0.4) is 0 Å². The Kier molecular flexibility index (Phi) is 4.35. The Morgan fingerprint density at radius 1 is 1.15 bits per heavy atom. The van der Waals surface area contributed by atoms with E-state index in [1.165, 1.54) is 37.4 Å². The zero-order valence-electron chi connectivity index (χ0n) is 10.6. The van der Waals surface area contributed by atoms with E-state index in [9.17, 15) is 13.6 Å². The normalized spacial score (nSPS) is 10.4. The number of hydrogen-bond acceptors (Lipinski definition) is 2. The molecule has 2 nitrogen and oxygen atoms in total. The minimum absolute atomic E-state index is 0.0255. The van der Waals surface area contributed by atoms with E-state index in [1.54, 1.807) is 0 Å². The summed E-state index contributed by atoms with van der Waals surface area (Å²) in [6, 6.07) is 7.78. The smallest absolute Gasteiger partial charge is 0.167 e. The van der Waals surface area contributed by atoms with Gasteiger partial charge in [-0.3, -0.25) is 4.79 Å². The van der Waals surface area contributed by atoms with E-state index in [2.05, 4.69) is 0 Å². The standard InChI is InChI=1S/C15H11ClF2O2/c1-20-15-8-9(2-4-13(15)18)14(19)7-10-6-11(16)3-5-12(10)17/h2-6,8H,7H2,1H3. The van der Waals surface area contributed by atoms with Crippen molar-refractivity contribution in [3.63, 3.8) is 0 Å². The van der Waals surface area contributed by atoms with Gasteiger partial charge >= 0.3 is 0 Å². The van der Waals surface area contributed by atoms with Crippen molar-refractivity contribution in [3.05, 3.63) is 64.2 Å². The first-order valence-electron chi connectivity index (χ1n) is 5.82. The van der Waals surface area contributed by atoms with Gasteiger partial charge in [0.25, 0.3) is 0 Å². The quantitative estimate of drug-likeness (QED) is 0.796. The number of carbonyl (C=O) groups is 1. The number of methoxy groups -OCH3 is 1. The zero-order chi connectivity index (χ0) is 14.7. The lowest BCUT2D eigenvalue weighted by molar-refractivity contribution is 0.0991.